The Labute approximate surface area is 161 Å². The number of carbonyl (C=O) groups is 1. The van der Waals surface area contributed by atoms with Gasteiger partial charge in [0.05, 0.1) is 6.21 Å². The van der Waals surface area contributed by atoms with Gasteiger partial charge in [0.15, 0.2) is 5.76 Å². The number of fused-ring (bicyclic) bond motifs is 3. The largest absolute Gasteiger partial charge is 0.451 e. The summed E-state index contributed by atoms with van der Waals surface area (Å²) in [4.78, 5) is 12.4. The Morgan fingerprint density at radius 2 is 1.39 bits per heavy atom. The highest BCUT2D eigenvalue weighted by Crippen LogP contribution is 2.27. The van der Waals surface area contributed by atoms with Crippen LogP contribution in [0.25, 0.3) is 32.5 Å². The van der Waals surface area contributed by atoms with Crippen molar-refractivity contribution in [3.63, 3.8) is 0 Å². The minimum atomic E-state index is -0.378. The van der Waals surface area contributed by atoms with Gasteiger partial charge in [-0.2, -0.15) is 5.10 Å². The number of carbonyl (C=O) groups excluding carboxylic acids is 1. The second-order valence-electron chi connectivity index (χ2n) is 6.58. The van der Waals surface area contributed by atoms with Crippen molar-refractivity contribution in [2.75, 3.05) is 0 Å². The second-order valence-corrected chi connectivity index (χ2v) is 6.58. The predicted octanol–water partition coefficient (Wildman–Crippen LogP) is 5.50. The highest BCUT2D eigenvalue weighted by atomic mass is 16.3. The van der Waals surface area contributed by atoms with E-state index in [2.05, 4.69) is 40.9 Å². The summed E-state index contributed by atoms with van der Waals surface area (Å²) in [5.41, 5.74) is 4.22. The molecule has 0 atom stereocenters. The molecule has 0 radical (unpaired) electrons. The van der Waals surface area contributed by atoms with Crippen LogP contribution in [0.1, 0.15) is 16.1 Å². The number of nitrogens with zero attached hydrogens (tertiary/aromatic N) is 1. The molecule has 4 aromatic carbocycles. The Morgan fingerprint density at radius 3 is 2.07 bits per heavy atom. The van der Waals surface area contributed by atoms with Crippen LogP contribution < -0.4 is 5.43 Å². The lowest BCUT2D eigenvalue weighted by Crippen LogP contribution is -2.16. The summed E-state index contributed by atoms with van der Waals surface area (Å²) >= 11 is 0. The number of para-hydroxylation sites is 1. The zero-order valence-electron chi connectivity index (χ0n) is 14.9. The van der Waals surface area contributed by atoms with E-state index in [0.717, 1.165) is 32.5 Å². The van der Waals surface area contributed by atoms with Crippen molar-refractivity contribution in [1.29, 1.82) is 0 Å². The van der Waals surface area contributed by atoms with Crippen molar-refractivity contribution < 1.29 is 9.21 Å². The smallest absolute Gasteiger partial charge is 0.307 e. The van der Waals surface area contributed by atoms with Crippen molar-refractivity contribution >= 4 is 44.6 Å². The molecular weight excluding hydrogens is 348 g/mol. The maximum absolute atomic E-state index is 12.4. The minimum Gasteiger partial charge on any atom is -0.451 e. The molecule has 0 aliphatic carbocycles. The molecule has 1 amide bonds. The first-order valence-corrected chi connectivity index (χ1v) is 9.02. The van der Waals surface area contributed by atoms with Gasteiger partial charge in [0.1, 0.15) is 5.58 Å². The summed E-state index contributed by atoms with van der Waals surface area (Å²) in [7, 11) is 0. The van der Waals surface area contributed by atoms with Gasteiger partial charge in [0.25, 0.3) is 0 Å². The summed E-state index contributed by atoms with van der Waals surface area (Å²) in [5.74, 6) is -0.141. The number of rotatable bonds is 3. The lowest BCUT2D eigenvalue weighted by molar-refractivity contribution is 0.0929. The van der Waals surface area contributed by atoms with Crippen LogP contribution in [0.15, 0.2) is 94.4 Å². The van der Waals surface area contributed by atoms with E-state index in [4.69, 9.17) is 4.42 Å². The molecule has 1 N–H and O–H groups in total. The van der Waals surface area contributed by atoms with Crippen molar-refractivity contribution in [1.82, 2.24) is 5.43 Å². The normalized spacial score (nSPS) is 11.6. The topological polar surface area (TPSA) is 54.6 Å². The maximum atomic E-state index is 12.4. The quantitative estimate of drug-likeness (QED) is 0.261. The van der Waals surface area contributed by atoms with Gasteiger partial charge in [-0.3, -0.25) is 4.79 Å². The molecule has 0 bridgehead atoms. The van der Waals surface area contributed by atoms with Crippen LogP contribution in [-0.4, -0.2) is 12.1 Å². The Kier molecular flexibility index (Phi) is 3.87. The summed E-state index contributed by atoms with van der Waals surface area (Å²) < 4.78 is 5.59. The van der Waals surface area contributed by atoms with Crippen molar-refractivity contribution in [3.8, 4) is 0 Å². The Bertz CT molecular complexity index is 1280. The van der Waals surface area contributed by atoms with Gasteiger partial charge in [-0.15, -0.1) is 0 Å². The molecule has 1 heterocycles. The molecule has 1 aromatic heterocycles. The number of hydrogen-bond acceptors (Lipinski definition) is 3. The number of hydrazone groups is 1. The van der Waals surface area contributed by atoms with E-state index < -0.39 is 0 Å². The second kappa shape index (κ2) is 6.67. The van der Waals surface area contributed by atoms with Gasteiger partial charge in [-0.05, 0) is 39.7 Å². The van der Waals surface area contributed by atoms with Crippen molar-refractivity contribution in [2.45, 2.75) is 0 Å². The number of benzene rings is 4. The zero-order chi connectivity index (χ0) is 18.9. The summed E-state index contributed by atoms with van der Waals surface area (Å²) in [6.07, 6.45) is 1.70. The molecule has 134 valence electrons. The SMILES string of the molecule is O=C(N/N=C/c1c2ccccc2cc2ccccc12)c1cc2ccccc2o1. The fourth-order valence-corrected chi connectivity index (χ4v) is 3.49. The van der Waals surface area contributed by atoms with Crippen LogP contribution in [0, 0.1) is 0 Å². The third-order valence-corrected chi connectivity index (χ3v) is 4.82. The van der Waals surface area contributed by atoms with Crippen molar-refractivity contribution in [3.05, 3.63) is 96.3 Å². The van der Waals surface area contributed by atoms with Crippen LogP contribution in [0.3, 0.4) is 0 Å². The molecule has 0 unspecified atom stereocenters. The van der Waals surface area contributed by atoms with Crippen LogP contribution in [-0.2, 0) is 0 Å². The van der Waals surface area contributed by atoms with Gasteiger partial charge in [-0.1, -0.05) is 66.7 Å². The molecule has 0 spiro atoms. The Morgan fingerprint density at radius 1 is 0.786 bits per heavy atom. The highest BCUT2D eigenvalue weighted by molar-refractivity contribution is 6.13. The molecule has 4 nitrogen and oxygen atoms in total. The summed E-state index contributed by atoms with van der Waals surface area (Å²) in [5, 5.41) is 9.52. The first kappa shape index (κ1) is 16.3. The lowest BCUT2D eigenvalue weighted by atomic mass is 9.97. The average Bonchev–Trinajstić information content (AvgIpc) is 3.17. The van der Waals surface area contributed by atoms with Crippen molar-refractivity contribution in [2.24, 2.45) is 5.10 Å². The van der Waals surface area contributed by atoms with E-state index in [1.807, 2.05) is 48.5 Å². The molecule has 0 fully saturated rings. The minimum absolute atomic E-state index is 0.237. The Hall–Kier alpha value is -3.92. The average molecular weight is 364 g/mol. The predicted molar refractivity (Wildman–Crippen MR) is 113 cm³/mol. The van der Waals surface area contributed by atoms with Crippen LogP contribution in [0.5, 0.6) is 0 Å². The molecule has 0 aliphatic heterocycles. The van der Waals surface area contributed by atoms with Crippen LogP contribution in [0.2, 0.25) is 0 Å². The van der Waals surface area contributed by atoms with E-state index in [1.165, 1.54) is 0 Å². The van der Waals surface area contributed by atoms with E-state index in [-0.39, 0.29) is 11.7 Å². The summed E-state index contributed by atoms with van der Waals surface area (Å²) in [6, 6.07) is 27.7. The molecule has 28 heavy (non-hydrogen) atoms. The molecule has 5 aromatic rings. The molecule has 0 saturated heterocycles. The third kappa shape index (κ3) is 2.81. The molecule has 4 heteroatoms. The summed E-state index contributed by atoms with van der Waals surface area (Å²) in [6.45, 7) is 0. The first-order chi connectivity index (χ1) is 13.8. The number of hydrogen-bond donors (Lipinski definition) is 1. The molecule has 5 rings (SSSR count). The van der Waals surface area contributed by atoms with E-state index in [9.17, 15) is 4.79 Å². The number of amides is 1. The van der Waals surface area contributed by atoms with Gasteiger partial charge in [-0.25, -0.2) is 5.43 Å². The first-order valence-electron chi connectivity index (χ1n) is 9.02. The van der Waals surface area contributed by atoms with Gasteiger partial charge in [0, 0.05) is 10.9 Å². The fourth-order valence-electron chi connectivity index (χ4n) is 3.49. The molecule has 0 saturated carbocycles. The van der Waals surface area contributed by atoms with E-state index >= 15 is 0 Å². The van der Waals surface area contributed by atoms with Crippen LogP contribution >= 0.6 is 0 Å². The van der Waals surface area contributed by atoms with Gasteiger partial charge >= 0.3 is 5.91 Å². The molecule has 0 aliphatic rings. The monoisotopic (exact) mass is 364 g/mol. The molecular formula is C24H16N2O2. The fraction of sp³-hybridized carbons (Fsp3) is 0. The number of nitrogens with one attached hydrogen (secondary N) is 1. The standard InChI is InChI=1S/C24H16N2O2/c27-24(23-14-18-9-3-6-12-22(18)28-23)26-25-15-21-19-10-4-1-7-16(19)13-17-8-2-5-11-20(17)21/h1-15H,(H,26,27)/b25-15+. The van der Waals surface area contributed by atoms with E-state index in [0.29, 0.717) is 5.58 Å². The maximum Gasteiger partial charge on any atom is 0.307 e. The number of furan rings is 1. The van der Waals surface area contributed by atoms with E-state index in [1.54, 1.807) is 12.3 Å². The zero-order valence-corrected chi connectivity index (χ0v) is 14.9. The van der Waals surface area contributed by atoms with Gasteiger partial charge < -0.3 is 4.42 Å². The Balaban J connectivity index is 1.50. The lowest BCUT2D eigenvalue weighted by Gasteiger charge is -2.07. The highest BCUT2D eigenvalue weighted by Gasteiger charge is 2.11. The third-order valence-electron chi connectivity index (χ3n) is 4.82. The van der Waals surface area contributed by atoms with Crippen LogP contribution in [0.4, 0.5) is 0 Å². The van der Waals surface area contributed by atoms with Gasteiger partial charge in [0.2, 0.25) is 0 Å².